The zero-order valence-electron chi connectivity index (χ0n) is 4.84. The highest BCUT2D eigenvalue weighted by molar-refractivity contribution is 14.1. The van der Waals surface area contributed by atoms with Gasteiger partial charge in [0, 0.05) is 28.8 Å². The van der Waals surface area contributed by atoms with Gasteiger partial charge in [-0.25, -0.2) is 4.98 Å². The second kappa shape index (κ2) is 3.30. The molecule has 52 valence electrons. The first-order chi connectivity index (χ1) is 4.72. The van der Waals surface area contributed by atoms with Crippen molar-refractivity contribution in [3.05, 3.63) is 29.0 Å². The second-order valence-corrected chi connectivity index (χ2v) is 2.95. The summed E-state index contributed by atoms with van der Waals surface area (Å²) in [5.74, 6) is 0. The van der Waals surface area contributed by atoms with Crippen molar-refractivity contribution >= 4 is 38.0 Å². The first kappa shape index (κ1) is 7.94. The second-order valence-electron chi connectivity index (χ2n) is 1.62. The van der Waals surface area contributed by atoms with Gasteiger partial charge in [0.2, 0.25) is 3.79 Å². The number of pyridine rings is 1. The smallest absolute Gasteiger partial charge is 0.225 e. The Kier molecular flexibility index (Phi) is 2.62. The highest BCUT2D eigenvalue weighted by Gasteiger charge is 2.04. The normalized spacial score (nSPS) is 9.40. The van der Waals surface area contributed by atoms with Crippen LogP contribution in [0.3, 0.4) is 0 Å². The largest absolute Gasteiger partial charge is 0.282 e. The first-order valence-electron chi connectivity index (χ1n) is 2.52. The molecule has 0 aliphatic heterocycles. The molecule has 0 saturated carbocycles. The molecule has 0 spiro atoms. The molecule has 0 atom stereocenters. The molecule has 0 amide bonds. The highest BCUT2D eigenvalue weighted by Crippen LogP contribution is 2.14. The summed E-state index contributed by atoms with van der Waals surface area (Å²) in [5, 5.41) is 0.266. The van der Waals surface area contributed by atoms with Gasteiger partial charge in [0.1, 0.15) is 5.15 Å². The van der Waals surface area contributed by atoms with Crippen LogP contribution in [-0.2, 0) is 0 Å². The van der Waals surface area contributed by atoms with E-state index >= 15 is 0 Å². The third kappa shape index (κ3) is 1.67. The van der Waals surface area contributed by atoms with Crippen LogP contribution in [0.2, 0.25) is 5.15 Å². The van der Waals surface area contributed by atoms with Gasteiger partial charge in [0.25, 0.3) is 0 Å². The minimum Gasteiger partial charge on any atom is -0.282 e. The van der Waals surface area contributed by atoms with Crippen molar-refractivity contribution in [1.82, 2.24) is 4.98 Å². The van der Waals surface area contributed by atoms with Crippen LogP contribution in [-0.4, -0.2) is 8.77 Å². The van der Waals surface area contributed by atoms with Crippen LogP contribution >= 0.6 is 34.2 Å². The van der Waals surface area contributed by atoms with Gasteiger partial charge in [-0.05, 0) is 12.1 Å². The highest BCUT2D eigenvalue weighted by atomic mass is 127. The molecule has 1 heterocycles. The number of aromatic nitrogens is 1. The number of hydrogen-bond donors (Lipinski definition) is 0. The summed E-state index contributed by atoms with van der Waals surface area (Å²) in [7, 11) is 0. The van der Waals surface area contributed by atoms with Crippen LogP contribution in [0.4, 0.5) is 0 Å². The molecule has 10 heavy (non-hydrogen) atoms. The summed E-state index contributed by atoms with van der Waals surface area (Å²) in [6.45, 7) is 0. The molecule has 0 bridgehead atoms. The molecular weight excluding hydrogens is 264 g/mol. The Hall–Kier alpha value is -0.160. The van der Waals surface area contributed by atoms with Gasteiger partial charge in [0.15, 0.2) is 0 Å². The molecule has 0 unspecified atom stereocenters. The Balaban J connectivity index is 3.15. The van der Waals surface area contributed by atoms with Gasteiger partial charge in [-0.15, -0.1) is 0 Å². The van der Waals surface area contributed by atoms with Gasteiger partial charge in [-0.1, -0.05) is 11.6 Å². The molecule has 1 rings (SSSR count). The van der Waals surface area contributed by atoms with E-state index in [0.717, 1.165) is 0 Å². The Morgan fingerprint density at radius 2 is 2.40 bits per heavy atom. The third-order valence-corrected chi connectivity index (χ3v) is 1.85. The number of carbonyl (C=O) groups excluding carboxylic acids is 1. The zero-order chi connectivity index (χ0) is 7.56. The van der Waals surface area contributed by atoms with E-state index in [1.54, 1.807) is 40.9 Å². The average Bonchev–Trinajstić information content (AvgIpc) is 1.88. The maximum Gasteiger partial charge on any atom is 0.225 e. The summed E-state index contributed by atoms with van der Waals surface area (Å²) >= 11 is 7.25. The zero-order valence-corrected chi connectivity index (χ0v) is 7.76. The minimum absolute atomic E-state index is 0.0873. The standard InChI is InChI=1S/C6H3ClINO/c7-5-4(6(8)10)2-1-3-9-5/h1-3H. The molecular formula is C6H3ClINO. The van der Waals surface area contributed by atoms with Gasteiger partial charge in [-0.3, -0.25) is 4.79 Å². The van der Waals surface area contributed by atoms with Crippen molar-refractivity contribution in [1.29, 1.82) is 0 Å². The van der Waals surface area contributed by atoms with Crippen LogP contribution < -0.4 is 0 Å². The Labute approximate surface area is 76.7 Å². The molecule has 0 N–H and O–H groups in total. The Morgan fingerprint density at radius 1 is 1.70 bits per heavy atom. The molecule has 0 aromatic carbocycles. The summed E-state index contributed by atoms with van der Waals surface area (Å²) in [4.78, 5) is 14.5. The number of hydrogen-bond acceptors (Lipinski definition) is 2. The molecule has 2 nitrogen and oxygen atoms in total. The van der Waals surface area contributed by atoms with E-state index in [0.29, 0.717) is 5.56 Å². The molecule has 4 heteroatoms. The molecule has 1 aromatic heterocycles. The molecule has 1 aromatic rings. The van der Waals surface area contributed by atoms with E-state index < -0.39 is 0 Å². The van der Waals surface area contributed by atoms with E-state index in [4.69, 9.17) is 11.6 Å². The van der Waals surface area contributed by atoms with E-state index in [-0.39, 0.29) is 8.94 Å². The predicted octanol–water partition coefficient (Wildman–Crippen LogP) is 2.31. The Bertz CT molecular complexity index is 264. The van der Waals surface area contributed by atoms with E-state index in [1.165, 1.54) is 0 Å². The van der Waals surface area contributed by atoms with Gasteiger partial charge < -0.3 is 0 Å². The molecule has 0 saturated heterocycles. The van der Waals surface area contributed by atoms with E-state index in [1.807, 2.05) is 0 Å². The maximum atomic E-state index is 10.7. The van der Waals surface area contributed by atoms with Crippen LogP contribution in [0.15, 0.2) is 18.3 Å². The van der Waals surface area contributed by atoms with Crippen molar-refractivity contribution < 1.29 is 4.79 Å². The van der Waals surface area contributed by atoms with Gasteiger partial charge in [-0.2, -0.15) is 0 Å². The summed E-state index contributed by atoms with van der Waals surface area (Å²) in [6.07, 6.45) is 1.55. The quantitative estimate of drug-likeness (QED) is 0.444. The summed E-state index contributed by atoms with van der Waals surface area (Å²) in [5.41, 5.74) is 0.463. The number of rotatable bonds is 1. The van der Waals surface area contributed by atoms with Crippen LogP contribution in [0.25, 0.3) is 0 Å². The number of nitrogens with zero attached hydrogens (tertiary/aromatic N) is 1. The summed E-state index contributed by atoms with van der Waals surface area (Å²) < 4.78 is -0.0873. The lowest BCUT2D eigenvalue weighted by atomic mass is 10.3. The van der Waals surface area contributed by atoms with Crippen molar-refractivity contribution in [2.45, 2.75) is 0 Å². The first-order valence-corrected chi connectivity index (χ1v) is 3.98. The van der Waals surface area contributed by atoms with Crippen LogP contribution in [0, 0.1) is 0 Å². The SMILES string of the molecule is O=C(I)c1cccnc1Cl. The fourth-order valence-electron chi connectivity index (χ4n) is 0.533. The van der Waals surface area contributed by atoms with E-state index in [2.05, 4.69) is 4.98 Å². The molecule has 0 aliphatic rings. The van der Waals surface area contributed by atoms with Crippen molar-refractivity contribution in [2.24, 2.45) is 0 Å². The molecule has 0 aliphatic carbocycles. The third-order valence-electron chi connectivity index (χ3n) is 0.971. The number of carbonyl (C=O) groups is 1. The molecule has 0 radical (unpaired) electrons. The van der Waals surface area contributed by atoms with Gasteiger partial charge >= 0.3 is 0 Å². The topological polar surface area (TPSA) is 30.0 Å². The monoisotopic (exact) mass is 267 g/mol. The van der Waals surface area contributed by atoms with Crippen molar-refractivity contribution in [3.63, 3.8) is 0 Å². The van der Waals surface area contributed by atoms with Crippen LogP contribution in [0.5, 0.6) is 0 Å². The fourth-order valence-corrected chi connectivity index (χ4v) is 1.33. The van der Waals surface area contributed by atoms with Crippen molar-refractivity contribution in [3.8, 4) is 0 Å². The maximum absolute atomic E-state index is 10.7. The molecule has 0 fully saturated rings. The van der Waals surface area contributed by atoms with Gasteiger partial charge in [0.05, 0.1) is 5.56 Å². The van der Waals surface area contributed by atoms with E-state index in [9.17, 15) is 4.79 Å². The average molecular weight is 267 g/mol. The fraction of sp³-hybridized carbons (Fsp3) is 0. The number of halogens is 2. The van der Waals surface area contributed by atoms with Crippen molar-refractivity contribution in [2.75, 3.05) is 0 Å². The predicted molar refractivity (Wildman–Crippen MR) is 47.6 cm³/mol. The van der Waals surface area contributed by atoms with Crippen LogP contribution in [0.1, 0.15) is 10.4 Å². The minimum atomic E-state index is -0.0873. The lowest BCUT2D eigenvalue weighted by Crippen LogP contribution is -1.89. The Morgan fingerprint density at radius 3 is 2.80 bits per heavy atom. The lowest BCUT2D eigenvalue weighted by Gasteiger charge is -1.93. The lowest BCUT2D eigenvalue weighted by molar-refractivity contribution is 0.110. The summed E-state index contributed by atoms with van der Waals surface area (Å²) in [6, 6.07) is 3.32.